The number of carbonyl (C=O) groups excluding carboxylic acids is 1. The largest absolute Gasteiger partial charge is 0.324 e. The van der Waals surface area contributed by atoms with E-state index in [0.717, 1.165) is 11.4 Å². The Morgan fingerprint density at radius 1 is 1.23 bits per heavy atom. The number of rotatable bonds is 4. The molecule has 0 aliphatic heterocycles. The van der Waals surface area contributed by atoms with Gasteiger partial charge >= 0.3 is 0 Å². The maximum absolute atomic E-state index is 12.0. The highest BCUT2D eigenvalue weighted by atomic mass is 35.5. The molecule has 0 saturated heterocycles. The van der Waals surface area contributed by atoms with Gasteiger partial charge in [-0.2, -0.15) is 0 Å². The third-order valence-electron chi connectivity index (χ3n) is 3.11. The van der Waals surface area contributed by atoms with Crippen LogP contribution < -0.4 is 5.32 Å². The topological polar surface area (TPSA) is 59.8 Å². The van der Waals surface area contributed by atoms with Gasteiger partial charge in [0.05, 0.1) is 18.3 Å². The van der Waals surface area contributed by atoms with Gasteiger partial charge in [-0.05, 0) is 23.8 Å². The monoisotopic (exact) mass is 312 g/mol. The smallest absolute Gasteiger partial charge is 0.228 e. The van der Waals surface area contributed by atoms with Crippen molar-refractivity contribution in [2.75, 3.05) is 5.32 Å². The molecule has 3 aromatic rings. The Labute approximate surface area is 132 Å². The average Bonchev–Trinajstić information content (AvgIpc) is 3.05. The van der Waals surface area contributed by atoms with E-state index < -0.39 is 0 Å². The highest BCUT2D eigenvalue weighted by Gasteiger charge is 2.07. The molecule has 0 spiro atoms. The quantitative estimate of drug-likeness (QED) is 0.805. The molecule has 6 heteroatoms. The van der Waals surface area contributed by atoms with Crippen LogP contribution in [-0.2, 0) is 11.2 Å². The van der Waals surface area contributed by atoms with E-state index in [4.69, 9.17) is 11.6 Å². The zero-order valence-electron chi connectivity index (χ0n) is 11.6. The van der Waals surface area contributed by atoms with Crippen molar-refractivity contribution in [3.05, 3.63) is 71.9 Å². The third kappa shape index (κ3) is 3.32. The zero-order valence-corrected chi connectivity index (χ0v) is 12.4. The summed E-state index contributed by atoms with van der Waals surface area (Å²) in [7, 11) is 0. The first-order valence-corrected chi connectivity index (χ1v) is 7.08. The summed E-state index contributed by atoms with van der Waals surface area (Å²) >= 11 is 6.05. The number of benzene rings is 1. The van der Waals surface area contributed by atoms with Crippen molar-refractivity contribution in [1.82, 2.24) is 14.5 Å². The molecule has 2 aromatic heterocycles. The molecule has 0 saturated carbocycles. The molecule has 3 rings (SSSR count). The number of pyridine rings is 1. The maximum Gasteiger partial charge on any atom is 0.228 e. The van der Waals surface area contributed by atoms with Crippen molar-refractivity contribution in [3.8, 4) is 5.82 Å². The number of halogens is 1. The normalized spacial score (nSPS) is 10.4. The highest BCUT2D eigenvalue weighted by molar-refractivity contribution is 6.31. The lowest BCUT2D eigenvalue weighted by molar-refractivity contribution is -0.115. The van der Waals surface area contributed by atoms with Crippen LogP contribution >= 0.6 is 11.6 Å². The Balaban J connectivity index is 1.66. The van der Waals surface area contributed by atoms with Gasteiger partial charge in [0, 0.05) is 17.4 Å². The Kier molecular flexibility index (Phi) is 4.16. The summed E-state index contributed by atoms with van der Waals surface area (Å²) < 4.78 is 1.79. The summed E-state index contributed by atoms with van der Waals surface area (Å²) in [5, 5.41) is 3.39. The molecule has 110 valence electrons. The second-order valence-corrected chi connectivity index (χ2v) is 5.10. The van der Waals surface area contributed by atoms with Crippen LogP contribution in [0, 0.1) is 0 Å². The fourth-order valence-electron chi connectivity index (χ4n) is 2.03. The lowest BCUT2D eigenvalue weighted by Gasteiger charge is -2.07. The van der Waals surface area contributed by atoms with Gasteiger partial charge < -0.3 is 5.32 Å². The fourth-order valence-corrected chi connectivity index (χ4v) is 2.23. The maximum atomic E-state index is 12.0. The van der Waals surface area contributed by atoms with Gasteiger partial charge in [-0.15, -0.1) is 0 Å². The van der Waals surface area contributed by atoms with E-state index in [1.165, 1.54) is 0 Å². The fraction of sp³-hybridized carbons (Fsp3) is 0.0625. The molecule has 0 unspecified atom stereocenters. The Hall–Kier alpha value is -2.66. The van der Waals surface area contributed by atoms with E-state index in [-0.39, 0.29) is 12.3 Å². The molecule has 0 aliphatic carbocycles. The molecule has 0 bridgehead atoms. The first-order valence-electron chi connectivity index (χ1n) is 6.70. The van der Waals surface area contributed by atoms with Crippen LogP contribution in [0.1, 0.15) is 5.56 Å². The minimum Gasteiger partial charge on any atom is -0.324 e. The number of anilines is 1. The lowest BCUT2D eigenvalue weighted by Crippen LogP contribution is -2.14. The molecule has 1 amide bonds. The van der Waals surface area contributed by atoms with Crippen LogP contribution in [0.5, 0.6) is 0 Å². The van der Waals surface area contributed by atoms with Crippen molar-refractivity contribution in [1.29, 1.82) is 0 Å². The van der Waals surface area contributed by atoms with Gasteiger partial charge in [-0.1, -0.05) is 29.8 Å². The molecular weight excluding hydrogens is 300 g/mol. The van der Waals surface area contributed by atoms with Crippen molar-refractivity contribution in [2.24, 2.45) is 0 Å². The molecule has 0 atom stereocenters. The Morgan fingerprint density at radius 2 is 2.09 bits per heavy atom. The van der Waals surface area contributed by atoms with Gasteiger partial charge in [-0.25, -0.2) is 9.97 Å². The van der Waals surface area contributed by atoms with E-state index in [0.29, 0.717) is 10.7 Å². The number of nitrogens with one attached hydrogen (secondary N) is 1. The molecule has 0 radical (unpaired) electrons. The van der Waals surface area contributed by atoms with Crippen LogP contribution in [0.4, 0.5) is 5.69 Å². The molecule has 1 aromatic carbocycles. The summed E-state index contributed by atoms with van der Waals surface area (Å²) in [6.45, 7) is 0. The number of amides is 1. The standard InChI is InChI=1S/C16H13ClN4O/c17-14-4-2-1-3-12(14)9-16(22)20-13-5-6-15(19-10-13)21-8-7-18-11-21/h1-8,10-11H,9H2,(H,20,22). The number of imidazole rings is 1. The van der Waals surface area contributed by atoms with E-state index >= 15 is 0 Å². The zero-order chi connectivity index (χ0) is 15.4. The number of carbonyl (C=O) groups is 1. The number of nitrogens with zero attached hydrogens (tertiary/aromatic N) is 3. The van der Waals surface area contributed by atoms with Gasteiger partial charge in [0.15, 0.2) is 0 Å². The van der Waals surface area contributed by atoms with E-state index in [9.17, 15) is 4.79 Å². The van der Waals surface area contributed by atoms with Crippen LogP contribution in [0.2, 0.25) is 5.02 Å². The first kappa shape index (κ1) is 14.3. The number of aromatic nitrogens is 3. The molecule has 0 fully saturated rings. The molecule has 2 heterocycles. The minimum atomic E-state index is -0.134. The summed E-state index contributed by atoms with van der Waals surface area (Å²) in [5.74, 6) is 0.604. The van der Waals surface area contributed by atoms with Crippen molar-refractivity contribution in [3.63, 3.8) is 0 Å². The van der Waals surface area contributed by atoms with Crippen molar-refractivity contribution >= 4 is 23.2 Å². The van der Waals surface area contributed by atoms with Crippen molar-refractivity contribution < 1.29 is 4.79 Å². The van der Waals surface area contributed by atoms with Crippen molar-refractivity contribution in [2.45, 2.75) is 6.42 Å². The van der Waals surface area contributed by atoms with E-state index in [1.807, 2.05) is 24.3 Å². The molecular formula is C16H13ClN4O. The van der Waals surface area contributed by atoms with Gasteiger partial charge in [-0.3, -0.25) is 9.36 Å². The average molecular weight is 313 g/mol. The van der Waals surface area contributed by atoms with Crippen LogP contribution in [0.3, 0.4) is 0 Å². The minimum absolute atomic E-state index is 0.134. The number of hydrogen-bond donors (Lipinski definition) is 1. The number of hydrogen-bond acceptors (Lipinski definition) is 3. The summed E-state index contributed by atoms with van der Waals surface area (Å²) in [6.07, 6.45) is 6.99. The first-order chi connectivity index (χ1) is 10.7. The lowest BCUT2D eigenvalue weighted by atomic mass is 10.1. The second kappa shape index (κ2) is 6.41. The molecule has 1 N–H and O–H groups in total. The highest BCUT2D eigenvalue weighted by Crippen LogP contribution is 2.16. The van der Waals surface area contributed by atoms with Gasteiger partial charge in [0.2, 0.25) is 5.91 Å². The Bertz CT molecular complexity index is 769. The van der Waals surface area contributed by atoms with Crippen LogP contribution in [-0.4, -0.2) is 20.4 Å². The molecule has 0 aliphatic rings. The van der Waals surface area contributed by atoms with Crippen LogP contribution in [0.15, 0.2) is 61.3 Å². The predicted molar refractivity (Wildman–Crippen MR) is 85.1 cm³/mol. The van der Waals surface area contributed by atoms with Gasteiger partial charge in [0.25, 0.3) is 0 Å². The van der Waals surface area contributed by atoms with Gasteiger partial charge in [0.1, 0.15) is 12.1 Å². The summed E-state index contributed by atoms with van der Waals surface area (Å²) in [5.41, 5.74) is 1.44. The Morgan fingerprint density at radius 3 is 2.77 bits per heavy atom. The second-order valence-electron chi connectivity index (χ2n) is 4.69. The van der Waals surface area contributed by atoms with Crippen LogP contribution in [0.25, 0.3) is 5.82 Å². The summed E-state index contributed by atoms with van der Waals surface area (Å²) in [4.78, 5) is 20.3. The predicted octanol–water partition coefficient (Wildman–Crippen LogP) is 3.10. The SMILES string of the molecule is O=C(Cc1ccccc1Cl)Nc1ccc(-n2ccnc2)nc1. The van der Waals surface area contributed by atoms with E-state index in [1.54, 1.807) is 41.6 Å². The molecule has 22 heavy (non-hydrogen) atoms. The molecule has 5 nitrogen and oxygen atoms in total. The van der Waals surface area contributed by atoms with E-state index in [2.05, 4.69) is 15.3 Å². The summed E-state index contributed by atoms with van der Waals surface area (Å²) in [6, 6.07) is 10.9. The third-order valence-corrected chi connectivity index (χ3v) is 3.48.